The second-order valence-electron chi connectivity index (χ2n) is 8.79. The molecule has 3 heterocycles. The summed E-state index contributed by atoms with van der Waals surface area (Å²) in [5.41, 5.74) is 1.87. The molecule has 0 spiro atoms. The Balaban J connectivity index is 1.28. The van der Waals surface area contributed by atoms with Crippen LogP contribution in [0, 0.1) is 0 Å². The SMILES string of the molecule is CCOc1ccc(CN2C(=O)c3ccccc3C2=O)cc1C(=O)NC1CCN(c2ncccn2)CC1. The number of hydrogen-bond donors (Lipinski definition) is 1. The average Bonchev–Trinajstić information content (AvgIpc) is 3.15. The van der Waals surface area contributed by atoms with Crippen molar-refractivity contribution in [2.75, 3.05) is 24.6 Å². The van der Waals surface area contributed by atoms with Gasteiger partial charge in [-0.2, -0.15) is 0 Å². The minimum Gasteiger partial charge on any atom is -0.493 e. The van der Waals surface area contributed by atoms with Gasteiger partial charge in [0, 0.05) is 31.5 Å². The molecule has 0 unspecified atom stereocenters. The van der Waals surface area contributed by atoms with E-state index in [0.29, 0.717) is 40.6 Å². The Morgan fingerprint density at radius 1 is 1.00 bits per heavy atom. The molecular weight excluding hydrogens is 458 g/mol. The molecule has 3 amide bonds. The third-order valence-electron chi connectivity index (χ3n) is 6.47. The molecule has 3 aromatic rings. The molecule has 2 aliphatic heterocycles. The van der Waals surface area contributed by atoms with E-state index in [2.05, 4.69) is 20.2 Å². The van der Waals surface area contributed by atoms with Crippen LogP contribution in [0.1, 0.15) is 56.4 Å². The summed E-state index contributed by atoms with van der Waals surface area (Å²) in [5.74, 6) is 0.268. The van der Waals surface area contributed by atoms with E-state index in [1.807, 2.05) is 6.92 Å². The molecule has 36 heavy (non-hydrogen) atoms. The number of hydrogen-bond acceptors (Lipinski definition) is 7. The summed E-state index contributed by atoms with van der Waals surface area (Å²) < 4.78 is 5.71. The molecule has 1 saturated heterocycles. The third-order valence-corrected chi connectivity index (χ3v) is 6.47. The number of imide groups is 1. The number of anilines is 1. The van der Waals surface area contributed by atoms with Crippen molar-refractivity contribution >= 4 is 23.7 Å². The van der Waals surface area contributed by atoms with E-state index >= 15 is 0 Å². The number of amides is 3. The van der Waals surface area contributed by atoms with Crippen LogP contribution >= 0.6 is 0 Å². The van der Waals surface area contributed by atoms with Crippen LogP contribution in [0.4, 0.5) is 5.95 Å². The molecular formula is C27H27N5O4. The fourth-order valence-corrected chi connectivity index (χ4v) is 4.64. The number of aromatic nitrogens is 2. The Bertz CT molecular complexity index is 1250. The first-order valence-corrected chi connectivity index (χ1v) is 12.1. The van der Waals surface area contributed by atoms with Gasteiger partial charge in [-0.15, -0.1) is 0 Å². The largest absolute Gasteiger partial charge is 0.493 e. The first-order valence-electron chi connectivity index (χ1n) is 12.1. The van der Waals surface area contributed by atoms with Gasteiger partial charge >= 0.3 is 0 Å². The van der Waals surface area contributed by atoms with Gasteiger partial charge in [0.1, 0.15) is 5.75 Å². The van der Waals surface area contributed by atoms with Crippen LogP contribution < -0.4 is 15.0 Å². The molecule has 0 bridgehead atoms. The highest BCUT2D eigenvalue weighted by Crippen LogP contribution is 2.27. The van der Waals surface area contributed by atoms with E-state index in [1.165, 1.54) is 4.90 Å². The van der Waals surface area contributed by atoms with Gasteiger partial charge in [0.2, 0.25) is 5.95 Å². The summed E-state index contributed by atoms with van der Waals surface area (Å²) in [7, 11) is 0. The van der Waals surface area contributed by atoms with Gasteiger partial charge in [0.15, 0.2) is 0 Å². The van der Waals surface area contributed by atoms with Crippen LogP contribution in [-0.2, 0) is 6.54 Å². The Hall–Kier alpha value is -4.27. The fourth-order valence-electron chi connectivity index (χ4n) is 4.64. The van der Waals surface area contributed by atoms with Gasteiger partial charge in [-0.3, -0.25) is 19.3 Å². The molecule has 9 nitrogen and oxygen atoms in total. The summed E-state index contributed by atoms with van der Waals surface area (Å²) in [6.07, 6.45) is 4.98. The van der Waals surface area contributed by atoms with Crippen LogP contribution in [0.15, 0.2) is 60.9 Å². The standard InChI is InChI=1S/C27H27N5O4/c1-2-36-23-9-8-18(17-32-25(34)20-6-3-4-7-21(20)26(32)35)16-22(23)24(33)30-19-10-14-31(15-11-19)27-28-12-5-13-29-27/h3-9,12-13,16,19H,2,10-11,14-15,17H2,1H3,(H,30,33). The van der Waals surface area contributed by atoms with Crippen molar-refractivity contribution in [3.05, 3.63) is 83.2 Å². The molecule has 1 fully saturated rings. The molecule has 0 atom stereocenters. The van der Waals surface area contributed by atoms with Crippen molar-refractivity contribution in [3.8, 4) is 5.75 Å². The lowest BCUT2D eigenvalue weighted by Crippen LogP contribution is -2.45. The summed E-state index contributed by atoms with van der Waals surface area (Å²) in [4.78, 5) is 50.8. The number of nitrogens with zero attached hydrogens (tertiary/aromatic N) is 4. The van der Waals surface area contributed by atoms with E-state index in [4.69, 9.17) is 4.74 Å². The first kappa shape index (κ1) is 23.5. The number of fused-ring (bicyclic) bond motifs is 1. The van der Waals surface area contributed by atoms with Gasteiger partial charge in [-0.1, -0.05) is 18.2 Å². The molecule has 0 saturated carbocycles. The summed E-state index contributed by atoms with van der Waals surface area (Å²) in [5, 5.41) is 3.12. The average molecular weight is 486 g/mol. The number of carbonyl (C=O) groups is 3. The number of carbonyl (C=O) groups excluding carboxylic acids is 3. The highest BCUT2D eigenvalue weighted by Gasteiger charge is 2.35. The third kappa shape index (κ3) is 4.64. The zero-order valence-electron chi connectivity index (χ0n) is 20.0. The predicted octanol–water partition coefficient (Wildman–Crippen LogP) is 3.07. The van der Waals surface area contributed by atoms with Crippen LogP contribution in [0.2, 0.25) is 0 Å². The van der Waals surface area contributed by atoms with E-state index in [9.17, 15) is 14.4 Å². The van der Waals surface area contributed by atoms with Gasteiger partial charge in [-0.05, 0) is 55.7 Å². The normalized spacial score (nSPS) is 15.7. The monoisotopic (exact) mass is 485 g/mol. The van der Waals surface area contributed by atoms with Crippen molar-refractivity contribution in [3.63, 3.8) is 0 Å². The highest BCUT2D eigenvalue weighted by molar-refractivity contribution is 6.21. The van der Waals surface area contributed by atoms with Gasteiger partial charge < -0.3 is 15.0 Å². The number of nitrogens with one attached hydrogen (secondary N) is 1. The lowest BCUT2D eigenvalue weighted by atomic mass is 10.0. The first-order chi connectivity index (χ1) is 17.5. The lowest BCUT2D eigenvalue weighted by molar-refractivity contribution is 0.0642. The van der Waals surface area contributed by atoms with E-state index in [0.717, 1.165) is 25.9 Å². The molecule has 2 aromatic carbocycles. The maximum absolute atomic E-state index is 13.3. The molecule has 2 aliphatic rings. The Morgan fingerprint density at radius 2 is 1.67 bits per heavy atom. The molecule has 0 radical (unpaired) electrons. The summed E-state index contributed by atoms with van der Waals surface area (Å²) in [6.45, 7) is 3.83. The second kappa shape index (κ2) is 10.2. The van der Waals surface area contributed by atoms with Crippen molar-refractivity contribution < 1.29 is 19.1 Å². The minimum absolute atomic E-state index is 0.00633. The maximum Gasteiger partial charge on any atom is 0.261 e. The molecule has 0 aliphatic carbocycles. The van der Waals surface area contributed by atoms with Crippen molar-refractivity contribution in [2.24, 2.45) is 0 Å². The number of piperidine rings is 1. The Morgan fingerprint density at radius 3 is 2.31 bits per heavy atom. The van der Waals surface area contributed by atoms with Crippen molar-refractivity contribution in [2.45, 2.75) is 32.4 Å². The van der Waals surface area contributed by atoms with E-state index < -0.39 is 0 Å². The Labute approximate surface area is 209 Å². The highest BCUT2D eigenvalue weighted by atomic mass is 16.5. The van der Waals surface area contributed by atoms with E-state index in [-0.39, 0.29) is 30.3 Å². The van der Waals surface area contributed by atoms with Gasteiger partial charge in [0.25, 0.3) is 17.7 Å². The van der Waals surface area contributed by atoms with Gasteiger partial charge in [-0.25, -0.2) is 9.97 Å². The summed E-state index contributed by atoms with van der Waals surface area (Å²) in [6, 6.07) is 13.8. The quantitative estimate of drug-likeness (QED) is 0.513. The zero-order valence-corrected chi connectivity index (χ0v) is 20.0. The van der Waals surface area contributed by atoms with Crippen LogP contribution in [0.25, 0.3) is 0 Å². The maximum atomic E-state index is 13.3. The van der Waals surface area contributed by atoms with Crippen molar-refractivity contribution in [1.29, 1.82) is 0 Å². The molecule has 1 N–H and O–H groups in total. The second-order valence-corrected chi connectivity index (χ2v) is 8.79. The van der Waals surface area contributed by atoms with E-state index in [1.54, 1.807) is 60.9 Å². The van der Waals surface area contributed by atoms with Crippen molar-refractivity contribution in [1.82, 2.24) is 20.2 Å². The Kier molecular flexibility index (Phi) is 6.62. The molecule has 5 rings (SSSR count). The molecule has 184 valence electrons. The predicted molar refractivity (Wildman–Crippen MR) is 133 cm³/mol. The minimum atomic E-state index is -0.329. The summed E-state index contributed by atoms with van der Waals surface area (Å²) >= 11 is 0. The molecule has 9 heteroatoms. The van der Waals surface area contributed by atoms with Gasteiger partial charge in [0.05, 0.1) is 29.8 Å². The molecule has 1 aromatic heterocycles. The zero-order chi connectivity index (χ0) is 25.1. The van der Waals surface area contributed by atoms with Crippen LogP contribution in [0.5, 0.6) is 5.75 Å². The number of benzene rings is 2. The topological polar surface area (TPSA) is 105 Å². The van der Waals surface area contributed by atoms with Crippen LogP contribution in [0.3, 0.4) is 0 Å². The fraction of sp³-hybridized carbons (Fsp3) is 0.296. The smallest absolute Gasteiger partial charge is 0.261 e. The lowest BCUT2D eigenvalue weighted by Gasteiger charge is -2.32. The number of rotatable bonds is 7. The van der Waals surface area contributed by atoms with Crippen LogP contribution in [-0.4, -0.2) is 58.3 Å². The number of ether oxygens (including phenoxy) is 1.